The number of alkyl halides is 2. The fourth-order valence-corrected chi connectivity index (χ4v) is 4.84. The van der Waals surface area contributed by atoms with Crippen LogP contribution in [0.2, 0.25) is 0 Å². The number of hydrogen-bond donors (Lipinski definition) is 0. The molecular formula is C26H31F2NO5. The van der Waals surface area contributed by atoms with Gasteiger partial charge in [-0.3, -0.25) is 4.79 Å². The van der Waals surface area contributed by atoms with Gasteiger partial charge in [-0.1, -0.05) is 18.2 Å². The second-order valence-corrected chi connectivity index (χ2v) is 9.14. The van der Waals surface area contributed by atoms with Crippen LogP contribution in [0.4, 0.5) is 8.78 Å². The Morgan fingerprint density at radius 1 is 1.15 bits per heavy atom. The summed E-state index contributed by atoms with van der Waals surface area (Å²) < 4.78 is 47.7. The highest BCUT2D eigenvalue weighted by molar-refractivity contribution is 5.95. The third-order valence-electron chi connectivity index (χ3n) is 6.46. The largest absolute Gasteiger partial charge is 0.493 e. The van der Waals surface area contributed by atoms with Crippen LogP contribution in [0.1, 0.15) is 54.9 Å². The summed E-state index contributed by atoms with van der Waals surface area (Å²) in [5, 5.41) is 0. The molecule has 1 fully saturated rings. The van der Waals surface area contributed by atoms with Crippen molar-refractivity contribution in [3.05, 3.63) is 53.6 Å². The van der Waals surface area contributed by atoms with Crippen molar-refractivity contribution >= 4 is 5.91 Å². The second kappa shape index (κ2) is 10.2. The van der Waals surface area contributed by atoms with Gasteiger partial charge in [0.1, 0.15) is 11.4 Å². The molecule has 1 unspecified atom stereocenters. The SMILES string of the molecule is COc1cc(C(=O)N2CCC3(CC2)CC(COC(F)F)c2ccccc2O3)ccc1OC(C)C. The number of piperidine rings is 1. The van der Waals surface area contributed by atoms with Crippen molar-refractivity contribution in [2.75, 3.05) is 26.8 Å². The van der Waals surface area contributed by atoms with E-state index in [9.17, 15) is 13.6 Å². The highest BCUT2D eigenvalue weighted by atomic mass is 19.3. The normalized spacial score (nSPS) is 19.1. The van der Waals surface area contributed by atoms with Crippen molar-refractivity contribution in [1.82, 2.24) is 4.90 Å². The van der Waals surface area contributed by atoms with E-state index < -0.39 is 12.2 Å². The van der Waals surface area contributed by atoms with Crippen molar-refractivity contribution in [2.24, 2.45) is 0 Å². The molecule has 0 saturated carbocycles. The van der Waals surface area contributed by atoms with E-state index in [2.05, 4.69) is 4.74 Å². The van der Waals surface area contributed by atoms with Gasteiger partial charge in [0.15, 0.2) is 11.5 Å². The monoisotopic (exact) mass is 475 g/mol. The quantitative estimate of drug-likeness (QED) is 0.547. The minimum atomic E-state index is -2.81. The Morgan fingerprint density at radius 2 is 1.88 bits per heavy atom. The zero-order valence-corrected chi connectivity index (χ0v) is 19.8. The minimum Gasteiger partial charge on any atom is -0.493 e. The van der Waals surface area contributed by atoms with Gasteiger partial charge in [0, 0.05) is 37.4 Å². The molecule has 2 aliphatic heterocycles. The molecule has 0 radical (unpaired) electrons. The predicted octanol–water partition coefficient (Wildman–Crippen LogP) is 5.26. The van der Waals surface area contributed by atoms with Gasteiger partial charge >= 0.3 is 6.61 Å². The van der Waals surface area contributed by atoms with Crippen molar-refractivity contribution < 1.29 is 32.5 Å². The number of amides is 1. The number of carbonyl (C=O) groups excluding carboxylic acids is 1. The third-order valence-corrected chi connectivity index (χ3v) is 6.46. The van der Waals surface area contributed by atoms with E-state index in [-0.39, 0.29) is 24.5 Å². The van der Waals surface area contributed by atoms with Gasteiger partial charge in [-0.25, -0.2) is 0 Å². The molecule has 2 aromatic rings. The first-order chi connectivity index (χ1) is 16.3. The van der Waals surface area contributed by atoms with Crippen LogP contribution in [0.15, 0.2) is 42.5 Å². The number of methoxy groups -OCH3 is 1. The van der Waals surface area contributed by atoms with E-state index in [4.69, 9.17) is 14.2 Å². The molecule has 184 valence electrons. The summed E-state index contributed by atoms with van der Waals surface area (Å²) in [6.45, 7) is 2.01. The first kappa shape index (κ1) is 24.3. The zero-order chi connectivity index (χ0) is 24.3. The topological polar surface area (TPSA) is 57.2 Å². The van der Waals surface area contributed by atoms with E-state index in [0.717, 1.165) is 5.56 Å². The molecule has 6 nitrogen and oxygen atoms in total. The van der Waals surface area contributed by atoms with E-state index in [1.807, 2.05) is 38.1 Å². The molecule has 1 spiro atoms. The van der Waals surface area contributed by atoms with Crippen molar-refractivity contribution in [3.63, 3.8) is 0 Å². The van der Waals surface area contributed by atoms with Gasteiger partial charge in [-0.05, 0) is 50.1 Å². The maximum absolute atomic E-state index is 13.2. The summed E-state index contributed by atoms with van der Waals surface area (Å²) in [6, 6.07) is 12.7. The number of para-hydroxylation sites is 1. The predicted molar refractivity (Wildman–Crippen MR) is 123 cm³/mol. The fraction of sp³-hybridized carbons (Fsp3) is 0.500. The average Bonchev–Trinajstić information content (AvgIpc) is 2.82. The summed E-state index contributed by atoms with van der Waals surface area (Å²) in [4.78, 5) is 15.0. The van der Waals surface area contributed by atoms with Gasteiger partial charge in [-0.15, -0.1) is 0 Å². The number of likely N-dealkylation sites (tertiary alicyclic amines) is 1. The lowest BCUT2D eigenvalue weighted by atomic mass is 9.77. The highest BCUT2D eigenvalue weighted by Gasteiger charge is 2.44. The van der Waals surface area contributed by atoms with Gasteiger partial charge in [-0.2, -0.15) is 8.78 Å². The molecule has 2 aromatic carbocycles. The Balaban J connectivity index is 1.46. The Bertz CT molecular complexity index is 1000. The molecule has 8 heteroatoms. The zero-order valence-electron chi connectivity index (χ0n) is 19.8. The molecular weight excluding hydrogens is 444 g/mol. The molecule has 0 aromatic heterocycles. The van der Waals surface area contributed by atoms with Crippen molar-refractivity contribution in [2.45, 2.75) is 57.3 Å². The molecule has 1 saturated heterocycles. The summed E-state index contributed by atoms with van der Waals surface area (Å²) in [6.07, 6.45) is 1.80. The van der Waals surface area contributed by atoms with E-state index in [1.165, 1.54) is 0 Å². The summed E-state index contributed by atoms with van der Waals surface area (Å²) >= 11 is 0. The van der Waals surface area contributed by atoms with E-state index >= 15 is 0 Å². The lowest BCUT2D eigenvalue weighted by Gasteiger charge is -2.47. The van der Waals surface area contributed by atoms with Gasteiger partial charge in [0.25, 0.3) is 5.91 Å². The lowest BCUT2D eigenvalue weighted by molar-refractivity contribution is -0.138. The molecule has 34 heavy (non-hydrogen) atoms. The van der Waals surface area contributed by atoms with Crippen LogP contribution in [0.3, 0.4) is 0 Å². The maximum atomic E-state index is 13.2. The van der Waals surface area contributed by atoms with Crippen molar-refractivity contribution in [1.29, 1.82) is 0 Å². The van der Waals surface area contributed by atoms with E-state index in [0.29, 0.717) is 55.2 Å². The average molecular weight is 476 g/mol. The van der Waals surface area contributed by atoms with Crippen LogP contribution in [0.25, 0.3) is 0 Å². The summed E-state index contributed by atoms with van der Waals surface area (Å²) in [5.41, 5.74) is 0.915. The molecule has 0 bridgehead atoms. The third kappa shape index (κ3) is 5.27. The molecule has 0 aliphatic carbocycles. The number of nitrogens with zero attached hydrogens (tertiary/aromatic N) is 1. The van der Waals surface area contributed by atoms with Crippen molar-refractivity contribution in [3.8, 4) is 17.2 Å². The molecule has 0 N–H and O–H groups in total. The highest BCUT2D eigenvalue weighted by Crippen LogP contribution is 2.45. The molecule has 1 amide bonds. The standard InChI is InChI=1S/C26H31F2NO5/c1-17(2)33-22-9-8-18(14-23(22)31-3)24(30)29-12-10-26(11-13-29)15-19(16-32-25(27)28)20-6-4-5-7-21(20)34-26/h4-9,14,17,19,25H,10-13,15-16H2,1-3H3. The van der Waals surface area contributed by atoms with Crippen LogP contribution >= 0.6 is 0 Å². The summed E-state index contributed by atoms with van der Waals surface area (Å²) in [5.74, 6) is 1.55. The van der Waals surface area contributed by atoms with Crippen LogP contribution in [0, 0.1) is 0 Å². The first-order valence-electron chi connectivity index (χ1n) is 11.6. The number of rotatable bonds is 7. The van der Waals surface area contributed by atoms with Crippen LogP contribution in [-0.4, -0.2) is 55.9 Å². The van der Waals surface area contributed by atoms with Gasteiger partial charge in [0.05, 0.1) is 19.8 Å². The minimum absolute atomic E-state index is 0.00993. The van der Waals surface area contributed by atoms with Crippen LogP contribution in [-0.2, 0) is 4.74 Å². The molecule has 1 atom stereocenters. The first-order valence-corrected chi connectivity index (χ1v) is 11.6. The summed E-state index contributed by atoms with van der Waals surface area (Å²) in [7, 11) is 1.55. The second-order valence-electron chi connectivity index (χ2n) is 9.14. The Kier molecular flexibility index (Phi) is 7.26. The maximum Gasteiger partial charge on any atom is 0.345 e. The molecule has 4 rings (SSSR count). The number of hydrogen-bond acceptors (Lipinski definition) is 5. The van der Waals surface area contributed by atoms with Crippen LogP contribution < -0.4 is 14.2 Å². The number of halogens is 2. The van der Waals surface area contributed by atoms with Gasteiger partial charge in [0.2, 0.25) is 0 Å². The fourth-order valence-electron chi connectivity index (χ4n) is 4.84. The Hall–Kier alpha value is -2.87. The van der Waals surface area contributed by atoms with Crippen LogP contribution in [0.5, 0.6) is 17.2 Å². The molecule has 2 aliphatic rings. The van der Waals surface area contributed by atoms with Gasteiger partial charge < -0.3 is 23.8 Å². The lowest BCUT2D eigenvalue weighted by Crippen LogP contribution is -2.52. The number of ether oxygens (including phenoxy) is 4. The number of carbonyl (C=O) groups is 1. The van der Waals surface area contributed by atoms with E-state index in [1.54, 1.807) is 30.2 Å². The smallest absolute Gasteiger partial charge is 0.345 e. The Morgan fingerprint density at radius 3 is 2.56 bits per heavy atom. The molecule has 2 heterocycles. The number of benzene rings is 2. The number of fused-ring (bicyclic) bond motifs is 1. The Labute approximate surface area is 198 Å².